The number of likely N-dealkylation sites (tertiary alicyclic amines) is 1. The monoisotopic (exact) mass is 1690 g/mol. The van der Waals surface area contributed by atoms with Crippen LogP contribution in [0.5, 0.6) is 0 Å². The predicted octanol–water partition coefficient (Wildman–Crippen LogP) is 5.95. The Balaban J connectivity index is 0.994. The number of allylic oxidation sites excluding steroid dienone is 1. The van der Waals surface area contributed by atoms with E-state index in [9.17, 15) is 96.8 Å². The molecule has 4 heterocycles. The van der Waals surface area contributed by atoms with E-state index in [1.807, 2.05) is 83.7 Å². The van der Waals surface area contributed by atoms with Crippen molar-refractivity contribution in [2.24, 2.45) is 40.9 Å². The van der Waals surface area contributed by atoms with Gasteiger partial charge in [0.2, 0.25) is 29.5 Å². The molecule has 2 aliphatic heterocycles. The zero-order chi connectivity index (χ0) is 85.5. The highest BCUT2D eigenvalue weighted by atomic mass is 32.2. The summed E-state index contributed by atoms with van der Waals surface area (Å²) >= 11 is 0.956. The van der Waals surface area contributed by atoms with Crippen LogP contribution in [-0.2, 0) is 90.6 Å². The molecule has 5 amide bonds. The molecule has 1 aromatic carbocycles. The molecule has 5 rings (SSSR count). The number of fused-ring (bicyclic) bond motifs is 1. The van der Waals surface area contributed by atoms with Gasteiger partial charge in [0.05, 0.1) is 37.6 Å². The van der Waals surface area contributed by atoms with Crippen LogP contribution in [0, 0.1) is 40.9 Å². The number of aliphatic carboxylic acids is 2. The first-order valence-corrected chi connectivity index (χ1v) is 43.7. The Labute approximate surface area is 669 Å². The lowest BCUT2D eigenvalue weighted by atomic mass is 9.84. The number of aromatic nitrogens is 4. The molecule has 2 aromatic heterocycles. The highest BCUT2D eigenvalue weighted by molar-refractivity contribution is 8.00. The van der Waals surface area contributed by atoms with Crippen LogP contribution >= 0.6 is 35.2 Å². The van der Waals surface area contributed by atoms with E-state index in [-0.39, 0.29) is 127 Å². The first-order chi connectivity index (χ1) is 53.3. The van der Waals surface area contributed by atoms with Gasteiger partial charge in [0, 0.05) is 102 Å². The van der Waals surface area contributed by atoms with Gasteiger partial charge in [0.25, 0.3) is 0 Å². The van der Waals surface area contributed by atoms with Gasteiger partial charge in [-0.25, -0.2) is 28.6 Å². The summed E-state index contributed by atoms with van der Waals surface area (Å²) in [6.45, 7) is 20.0. The number of phosphoric ester groups is 3. The molecular weight excluding hydrogens is 1570 g/mol. The third-order valence-corrected chi connectivity index (χ3v) is 25.0. The Hall–Kier alpha value is -6.70. The first-order valence-electron chi connectivity index (χ1n) is 38.1. The molecule has 2 saturated heterocycles. The molecule has 2 aliphatic rings. The number of rotatable bonds is 52. The molecule has 114 heavy (non-hydrogen) atoms. The predicted molar refractivity (Wildman–Crippen MR) is 419 cm³/mol. The smallest absolute Gasteiger partial charge is 0.481 e. The number of carboxylic acid groups (broad SMARTS) is 2. The number of aliphatic hydroxyl groups excluding tert-OH is 2. The van der Waals surface area contributed by atoms with Crippen molar-refractivity contribution in [3.63, 3.8) is 0 Å². The van der Waals surface area contributed by atoms with Gasteiger partial charge in [0.1, 0.15) is 65.2 Å². The minimum atomic E-state index is -5.66. The van der Waals surface area contributed by atoms with E-state index in [0.29, 0.717) is 63.6 Å². The maximum Gasteiger partial charge on any atom is 0.481 e. The molecular formula is C73H118N11O26P3S. The van der Waals surface area contributed by atoms with Crippen LogP contribution in [0.15, 0.2) is 55.3 Å². The average molecular weight is 1690 g/mol. The second-order valence-corrected chi connectivity index (χ2v) is 36.3. The van der Waals surface area contributed by atoms with Crippen molar-refractivity contribution in [1.82, 2.24) is 50.2 Å². The molecule has 0 bridgehead atoms. The Morgan fingerprint density at radius 3 is 2.06 bits per heavy atom. The number of Topliss-reactive ketones (excluding diaryl/α,β-unsaturated/α-hetero) is 2. The van der Waals surface area contributed by atoms with Crippen LogP contribution in [0.3, 0.4) is 0 Å². The van der Waals surface area contributed by atoms with Crippen molar-refractivity contribution in [2.75, 3.05) is 65.5 Å². The van der Waals surface area contributed by atoms with Crippen LogP contribution in [0.1, 0.15) is 164 Å². The molecule has 642 valence electrons. The van der Waals surface area contributed by atoms with Gasteiger partial charge in [-0.3, -0.25) is 61.3 Å². The van der Waals surface area contributed by atoms with E-state index in [2.05, 4.69) is 46.3 Å². The molecule has 37 nitrogen and oxygen atoms in total. The highest BCUT2D eigenvalue weighted by Gasteiger charge is 2.51. The number of carbonyl (C=O) groups is 9. The summed E-state index contributed by atoms with van der Waals surface area (Å²) in [5.41, 5.74) is 5.65. The minimum Gasteiger partial charge on any atom is -0.481 e. The number of unbranched alkanes of at least 4 members (excludes halogenated alkanes) is 3. The number of anilines is 1. The van der Waals surface area contributed by atoms with Crippen molar-refractivity contribution in [2.45, 2.75) is 225 Å². The number of hydrogen-bond acceptors (Lipinski definition) is 26. The third-order valence-electron chi connectivity index (χ3n) is 20.7. The molecule has 3 aromatic rings. The number of hydrogen-bond donors (Lipinski definition) is 12. The van der Waals surface area contributed by atoms with E-state index >= 15 is 0 Å². The zero-order valence-electron chi connectivity index (χ0n) is 67.1. The van der Waals surface area contributed by atoms with E-state index in [4.69, 9.17) is 24.3 Å². The van der Waals surface area contributed by atoms with Gasteiger partial charge in [0.15, 0.2) is 17.7 Å². The number of likely N-dealkylation sites (N-methyl/N-ethyl adjacent to an activating group) is 2. The van der Waals surface area contributed by atoms with E-state index < -0.39 is 144 Å². The van der Waals surface area contributed by atoms with Crippen LogP contribution < -0.4 is 21.7 Å². The Morgan fingerprint density at radius 1 is 0.807 bits per heavy atom. The van der Waals surface area contributed by atoms with E-state index in [1.165, 1.54) is 21.0 Å². The molecule has 0 radical (unpaired) electrons. The van der Waals surface area contributed by atoms with Gasteiger partial charge < -0.3 is 85.9 Å². The number of nitrogen functional groups attached to an aromatic ring is 1. The SMILES string of the molecule is C=C(CCCCCCC(=O)CC(SCCNC(=O)CCNC(=O)C(O)C(C)(C)COP(=O)(O)OP(=O)(O)OCC1OC(n2cnc3c(N)ncnc32)C(O)C1OP(=O)(O)O)C(=O)O)N(C)C(C(=O)NC(C(=O)N(C)C(C(C)CC)C(C)CC(=O)N1CCCC1C(OC)C(C)C(=O)CC(Cc1ccccc1)C(=O)O)C(C)C)C(C)C. The minimum absolute atomic E-state index is 0.00172. The summed E-state index contributed by atoms with van der Waals surface area (Å²) in [7, 11) is -11.6. The number of ketones is 2. The van der Waals surface area contributed by atoms with Crippen molar-refractivity contribution in [3.05, 3.63) is 60.8 Å². The number of benzene rings is 1. The summed E-state index contributed by atoms with van der Waals surface area (Å²) in [5, 5.41) is 48.7. The molecule has 2 fully saturated rings. The zero-order valence-corrected chi connectivity index (χ0v) is 70.6. The number of methoxy groups -OCH3 is 1. The van der Waals surface area contributed by atoms with E-state index in [1.54, 1.807) is 30.8 Å². The Morgan fingerprint density at radius 2 is 1.46 bits per heavy atom. The summed E-state index contributed by atoms with van der Waals surface area (Å²) < 4.78 is 68.9. The second-order valence-electron chi connectivity index (χ2n) is 30.7. The molecule has 0 aliphatic carbocycles. The summed E-state index contributed by atoms with van der Waals surface area (Å²) in [4.78, 5) is 177. The summed E-state index contributed by atoms with van der Waals surface area (Å²) in [6.07, 6.45) is -3.02. The van der Waals surface area contributed by atoms with Crippen LogP contribution in [-0.4, -0.2) is 247 Å². The van der Waals surface area contributed by atoms with Crippen molar-refractivity contribution >= 4 is 105 Å². The number of thioether (sulfide) groups is 1. The maximum absolute atomic E-state index is 14.8. The normalized spacial score (nSPS) is 20.4. The number of nitrogens with zero attached hydrogens (tertiary/aromatic N) is 7. The average Bonchev–Trinajstić information content (AvgIpc) is 1.61. The maximum atomic E-state index is 14.8. The fourth-order valence-electron chi connectivity index (χ4n) is 14.3. The number of carbonyl (C=O) groups excluding carboxylic acids is 7. The van der Waals surface area contributed by atoms with Crippen molar-refractivity contribution in [3.8, 4) is 0 Å². The molecule has 0 spiro atoms. The Bertz CT molecular complexity index is 3890. The molecule has 17 atom stereocenters. The number of aliphatic hydroxyl groups is 2. The van der Waals surface area contributed by atoms with Gasteiger partial charge in [-0.15, -0.1) is 11.8 Å². The lowest BCUT2D eigenvalue weighted by Gasteiger charge is -2.41. The van der Waals surface area contributed by atoms with Crippen molar-refractivity contribution in [1.29, 1.82) is 0 Å². The van der Waals surface area contributed by atoms with Crippen LogP contribution in [0.4, 0.5) is 5.82 Å². The second kappa shape index (κ2) is 44.7. The van der Waals surface area contributed by atoms with Gasteiger partial charge in [-0.2, -0.15) is 4.31 Å². The molecule has 13 N–H and O–H groups in total. The van der Waals surface area contributed by atoms with Gasteiger partial charge in [-0.1, -0.05) is 125 Å². The van der Waals surface area contributed by atoms with Crippen LogP contribution in [0.25, 0.3) is 11.2 Å². The summed E-state index contributed by atoms with van der Waals surface area (Å²) in [6, 6.07) is 6.71. The number of carboxylic acids is 2. The standard InChI is InChI=1S/C73H118N11O26P3S/c1-15-44(6)60(45(7)34-56(88)83-32-23-28-51(83)62(105-14)47(9)52(86)36-49(71(94)95)35-48-25-20-18-21-26-48)82(13)69(93)57(42(2)3)80-67(91)59(43(4)5)81(12)46(8)24-19-16-17-22-27-50(85)37-54(72(96)97)114-33-31-75-55(87)29-30-76-68(92)64(90)73(10,11)39-107-113(103,104)110-112(101,102)106-38-53-63(109-111(98,99)100)61(89)70(108-53)84-41-79-58-65(74)77-40-78-66(58)84/h18,20-21,25-26,40-45,47,49,51,53-54,57,59-64,70,89-90H,8,15-17,19,22-24,27-39H2,1-7,9-14H3,(H,75,87)(H,76,92)(H,80,91)(H,94,95)(H,96,97)(H,101,102)(H,103,104)(H2,74,77,78)(H2,98,99,100). The lowest BCUT2D eigenvalue weighted by Crippen LogP contribution is -2.58. The molecule has 41 heteroatoms. The largest absolute Gasteiger partial charge is 0.481 e. The topological polar surface area (TPSA) is 537 Å². The van der Waals surface area contributed by atoms with Gasteiger partial charge >= 0.3 is 35.4 Å². The highest BCUT2D eigenvalue weighted by Crippen LogP contribution is 2.61. The van der Waals surface area contributed by atoms with E-state index in [0.717, 1.165) is 34.5 Å². The number of amides is 5. The lowest BCUT2D eigenvalue weighted by molar-refractivity contribution is -0.146. The number of imidazole rings is 1. The number of ether oxygens (including phenoxy) is 2. The van der Waals surface area contributed by atoms with Crippen molar-refractivity contribution < 1.29 is 124 Å². The van der Waals surface area contributed by atoms with Crippen LogP contribution in [0.2, 0.25) is 0 Å². The number of nitrogens with one attached hydrogen (secondary N) is 3. The fraction of sp³-hybridized carbons (Fsp3) is 0.699. The quantitative estimate of drug-likeness (QED) is 0.0229. The molecule has 0 saturated carbocycles. The third kappa shape index (κ3) is 29.1. The first kappa shape index (κ1) is 97.9. The number of nitrogens with two attached hydrogens (primary N) is 1. The number of phosphoric acid groups is 3. The summed E-state index contributed by atoms with van der Waals surface area (Å²) in [5.74, 6) is -7.69. The Kier molecular flexibility index (Phi) is 38.4. The molecule has 17 unspecified atom stereocenters. The van der Waals surface area contributed by atoms with Gasteiger partial charge in [-0.05, 0) is 67.8 Å². The fourth-order valence-corrected chi connectivity index (χ4v) is 18.0.